The first kappa shape index (κ1) is 13.3. The molecule has 1 aromatic heterocycles. The fourth-order valence-electron chi connectivity index (χ4n) is 2.37. The normalized spacial score (nSPS) is 22.3. The number of hydrogen-bond acceptors (Lipinski definition) is 5. The highest BCUT2D eigenvalue weighted by Gasteiger charge is 2.42. The number of carboxylic acid groups (broad SMARTS) is 1. The number of carbonyl (C=O) groups is 1. The van der Waals surface area contributed by atoms with E-state index < -0.39 is 11.5 Å². The van der Waals surface area contributed by atoms with Crippen LogP contribution in [-0.2, 0) is 4.79 Å². The zero-order valence-corrected chi connectivity index (χ0v) is 11.0. The molecule has 100 valence electrons. The van der Waals surface area contributed by atoms with Crippen molar-refractivity contribution in [2.45, 2.75) is 25.8 Å². The number of nitriles is 1. The molecular formula is C13H16N4O2. The third kappa shape index (κ3) is 2.25. The van der Waals surface area contributed by atoms with Gasteiger partial charge in [-0.25, -0.2) is 4.98 Å². The molecule has 1 aromatic rings. The van der Waals surface area contributed by atoms with Crippen molar-refractivity contribution >= 4 is 11.8 Å². The summed E-state index contributed by atoms with van der Waals surface area (Å²) >= 11 is 0. The summed E-state index contributed by atoms with van der Waals surface area (Å²) in [6.45, 7) is 4.36. The molecule has 6 nitrogen and oxygen atoms in total. The maximum atomic E-state index is 11.2. The molecule has 1 atom stereocenters. The van der Waals surface area contributed by atoms with E-state index in [1.807, 2.05) is 19.9 Å². The van der Waals surface area contributed by atoms with E-state index in [4.69, 9.17) is 10.8 Å². The molecule has 0 amide bonds. The number of aromatic nitrogens is 1. The van der Waals surface area contributed by atoms with Crippen LogP contribution in [0.1, 0.15) is 23.2 Å². The van der Waals surface area contributed by atoms with Crippen molar-refractivity contribution < 1.29 is 9.90 Å². The van der Waals surface area contributed by atoms with Crippen LogP contribution in [0.5, 0.6) is 0 Å². The van der Waals surface area contributed by atoms with Gasteiger partial charge in [-0.2, -0.15) is 5.26 Å². The van der Waals surface area contributed by atoms with E-state index in [0.717, 1.165) is 11.3 Å². The van der Waals surface area contributed by atoms with Crippen LogP contribution in [0.15, 0.2) is 6.07 Å². The van der Waals surface area contributed by atoms with Crippen molar-refractivity contribution in [1.82, 2.24) is 4.98 Å². The van der Waals surface area contributed by atoms with Gasteiger partial charge < -0.3 is 15.7 Å². The van der Waals surface area contributed by atoms with Gasteiger partial charge in [-0.3, -0.25) is 4.79 Å². The SMILES string of the molecule is Cc1cc(C)c(C#N)c(N2CCC(N)(C(=O)O)C2)n1. The standard InChI is InChI=1S/C13H16N4O2/c1-8-5-9(2)16-11(10(8)6-14)17-4-3-13(15,7-17)12(18)19/h5H,3-4,7,15H2,1-2H3,(H,18,19). The molecule has 0 spiro atoms. The summed E-state index contributed by atoms with van der Waals surface area (Å²) in [6, 6.07) is 3.97. The van der Waals surface area contributed by atoms with Gasteiger partial charge in [-0.15, -0.1) is 0 Å². The van der Waals surface area contributed by atoms with Gasteiger partial charge in [0.2, 0.25) is 0 Å². The number of hydrogen-bond donors (Lipinski definition) is 2. The second kappa shape index (κ2) is 4.52. The van der Waals surface area contributed by atoms with Crippen molar-refractivity contribution in [2.24, 2.45) is 5.73 Å². The first-order valence-corrected chi connectivity index (χ1v) is 6.03. The van der Waals surface area contributed by atoms with E-state index in [9.17, 15) is 10.1 Å². The maximum absolute atomic E-state index is 11.2. The summed E-state index contributed by atoms with van der Waals surface area (Å²) in [7, 11) is 0. The third-order valence-electron chi connectivity index (χ3n) is 3.46. The first-order chi connectivity index (χ1) is 8.87. The van der Waals surface area contributed by atoms with Crippen LogP contribution in [0.3, 0.4) is 0 Å². The van der Waals surface area contributed by atoms with E-state index in [2.05, 4.69) is 11.1 Å². The topological polar surface area (TPSA) is 103 Å². The minimum absolute atomic E-state index is 0.174. The number of nitrogens with zero attached hydrogens (tertiary/aromatic N) is 3. The summed E-state index contributed by atoms with van der Waals surface area (Å²) in [5.74, 6) is -0.480. The predicted octanol–water partition coefficient (Wildman–Crippen LogP) is 0.562. The van der Waals surface area contributed by atoms with Crippen molar-refractivity contribution in [3.05, 3.63) is 22.9 Å². The summed E-state index contributed by atoms with van der Waals surface area (Å²) in [4.78, 5) is 17.3. The molecule has 2 heterocycles. The molecule has 6 heteroatoms. The second-order valence-electron chi connectivity index (χ2n) is 5.02. The lowest BCUT2D eigenvalue weighted by Gasteiger charge is -2.22. The molecule has 1 saturated heterocycles. The Morgan fingerprint density at radius 3 is 2.84 bits per heavy atom. The molecular weight excluding hydrogens is 244 g/mol. The van der Waals surface area contributed by atoms with E-state index in [1.165, 1.54) is 0 Å². The van der Waals surface area contributed by atoms with Crippen molar-refractivity contribution in [1.29, 1.82) is 5.26 Å². The molecule has 1 aliphatic heterocycles. The van der Waals surface area contributed by atoms with E-state index >= 15 is 0 Å². The van der Waals surface area contributed by atoms with E-state index in [0.29, 0.717) is 24.3 Å². The minimum Gasteiger partial charge on any atom is -0.480 e. The molecule has 0 saturated carbocycles. The lowest BCUT2D eigenvalue weighted by Crippen LogP contribution is -2.50. The minimum atomic E-state index is -1.26. The van der Waals surface area contributed by atoms with Crippen LogP contribution in [-0.4, -0.2) is 34.7 Å². The number of rotatable bonds is 2. The molecule has 1 fully saturated rings. The number of nitrogens with two attached hydrogens (primary N) is 1. The molecule has 0 aromatic carbocycles. The van der Waals surface area contributed by atoms with Gasteiger partial charge >= 0.3 is 5.97 Å². The van der Waals surface area contributed by atoms with Gasteiger partial charge in [0, 0.05) is 18.8 Å². The summed E-state index contributed by atoms with van der Waals surface area (Å²) in [5.41, 5.74) is 6.72. The largest absolute Gasteiger partial charge is 0.480 e. The zero-order chi connectivity index (χ0) is 14.2. The summed E-state index contributed by atoms with van der Waals surface area (Å²) in [5, 5.41) is 18.4. The zero-order valence-electron chi connectivity index (χ0n) is 11.0. The summed E-state index contributed by atoms with van der Waals surface area (Å²) in [6.07, 6.45) is 0.349. The van der Waals surface area contributed by atoms with Gasteiger partial charge in [-0.05, 0) is 31.9 Å². The average molecular weight is 260 g/mol. The Balaban J connectivity index is 2.40. The van der Waals surface area contributed by atoms with Crippen LogP contribution in [0.4, 0.5) is 5.82 Å². The number of aryl methyl sites for hydroxylation is 2. The van der Waals surface area contributed by atoms with Crippen LogP contribution in [0.2, 0.25) is 0 Å². The Hall–Kier alpha value is -2.13. The number of aliphatic carboxylic acids is 1. The molecule has 0 radical (unpaired) electrons. The van der Waals surface area contributed by atoms with Crippen molar-refractivity contribution in [3.8, 4) is 6.07 Å². The Bertz CT molecular complexity index is 579. The van der Waals surface area contributed by atoms with E-state index in [-0.39, 0.29) is 6.54 Å². The van der Waals surface area contributed by atoms with Crippen LogP contribution < -0.4 is 10.6 Å². The quantitative estimate of drug-likeness (QED) is 0.805. The molecule has 1 aliphatic rings. The first-order valence-electron chi connectivity index (χ1n) is 6.03. The monoisotopic (exact) mass is 260 g/mol. The Morgan fingerprint density at radius 2 is 2.32 bits per heavy atom. The predicted molar refractivity (Wildman–Crippen MR) is 69.8 cm³/mol. The fourth-order valence-corrected chi connectivity index (χ4v) is 2.37. The Morgan fingerprint density at radius 1 is 1.63 bits per heavy atom. The highest BCUT2D eigenvalue weighted by atomic mass is 16.4. The van der Waals surface area contributed by atoms with Gasteiger partial charge in [0.15, 0.2) is 0 Å². The van der Waals surface area contributed by atoms with Crippen LogP contribution in [0, 0.1) is 25.2 Å². The molecule has 0 aliphatic carbocycles. The van der Waals surface area contributed by atoms with E-state index in [1.54, 1.807) is 4.90 Å². The second-order valence-corrected chi connectivity index (χ2v) is 5.02. The smallest absolute Gasteiger partial charge is 0.325 e. The van der Waals surface area contributed by atoms with Gasteiger partial charge in [0.1, 0.15) is 17.4 Å². The van der Waals surface area contributed by atoms with Gasteiger partial charge in [0.05, 0.1) is 5.56 Å². The maximum Gasteiger partial charge on any atom is 0.325 e. The highest BCUT2D eigenvalue weighted by molar-refractivity contribution is 5.80. The third-order valence-corrected chi connectivity index (χ3v) is 3.46. The fraction of sp³-hybridized carbons (Fsp3) is 0.462. The Kier molecular flexibility index (Phi) is 3.16. The van der Waals surface area contributed by atoms with Crippen molar-refractivity contribution in [3.63, 3.8) is 0 Å². The number of pyridine rings is 1. The van der Waals surface area contributed by atoms with Crippen LogP contribution >= 0.6 is 0 Å². The number of carboxylic acids is 1. The summed E-state index contributed by atoms with van der Waals surface area (Å²) < 4.78 is 0. The molecule has 19 heavy (non-hydrogen) atoms. The van der Waals surface area contributed by atoms with Crippen molar-refractivity contribution in [2.75, 3.05) is 18.0 Å². The van der Waals surface area contributed by atoms with Gasteiger partial charge in [-0.1, -0.05) is 0 Å². The van der Waals surface area contributed by atoms with Gasteiger partial charge in [0.25, 0.3) is 0 Å². The average Bonchev–Trinajstić information content (AvgIpc) is 2.72. The Labute approximate surface area is 111 Å². The molecule has 1 unspecified atom stereocenters. The lowest BCUT2D eigenvalue weighted by atomic mass is 10.0. The molecule has 2 rings (SSSR count). The van der Waals surface area contributed by atoms with Crippen LogP contribution in [0.25, 0.3) is 0 Å². The molecule has 0 bridgehead atoms. The highest BCUT2D eigenvalue weighted by Crippen LogP contribution is 2.28. The number of anilines is 1. The molecule has 3 N–H and O–H groups in total. The lowest BCUT2D eigenvalue weighted by molar-refractivity contribution is -0.142.